The minimum Gasteiger partial charge on any atom is -0.496 e. The smallest absolute Gasteiger partial charge is 0.122 e. The average Bonchev–Trinajstić information content (AvgIpc) is 2.38. The van der Waals surface area contributed by atoms with Crippen molar-refractivity contribution in [1.29, 1.82) is 0 Å². The predicted molar refractivity (Wildman–Crippen MR) is 73.7 cm³/mol. The fourth-order valence-corrected chi connectivity index (χ4v) is 2.79. The van der Waals surface area contributed by atoms with Crippen molar-refractivity contribution in [3.05, 3.63) is 23.3 Å². The van der Waals surface area contributed by atoms with E-state index in [9.17, 15) is 0 Å². The second kappa shape index (κ2) is 5.61. The Morgan fingerprint density at radius 2 is 1.83 bits per heavy atom. The van der Waals surface area contributed by atoms with Crippen molar-refractivity contribution >= 4 is 0 Å². The van der Waals surface area contributed by atoms with Crippen LogP contribution in [0.3, 0.4) is 0 Å². The van der Waals surface area contributed by atoms with Gasteiger partial charge in [-0.3, -0.25) is 0 Å². The first-order chi connectivity index (χ1) is 8.65. The molecule has 0 spiro atoms. The molecule has 0 amide bonds. The van der Waals surface area contributed by atoms with Gasteiger partial charge in [0, 0.05) is 18.0 Å². The highest BCUT2D eigenvalue weighted by Gasteiger charge is 2.23. The molecule has 1 aliphatic rings. The number of rotatable bonds is 3. The molecule has 0 aliphatic carbocycles. The second-order valence-electron chi connectivity index (χ2n) is 5.26. The van der Waals surface area contributed by atoms with Crippen molar-refractivity contribution in [2.24, 2.45) is 5.92 Å². The highest BCUT2D eigenvalue weighted by molar-refractivity contribution is 5.47. The van der Waals surface area contributed by atoms with Crippen LogP contribution in [-0.4, -0.2) is 27.3 Å². The van der Waals surface area contributed by atoms with Gasteiger partial charge < -0.3 is 14.8 Å². The fourth-order valence-electron chi connectivity index (χ4n) is 2.79. The number of hydrogen-bond acceptors (Lipinski definition) is 3. The molecule has 0 saturated carbocycles. The molecule has 1 heterocycles. The van der Waals surface area contributed by atoms with E-state index in [0.717, 1.165) is 30.2 Å². The highest BCUT2D eigenvalue weighted by atomic mass is 16.5. The van der Waals surface area contributed by atoms with Crippen molar-refractivity contribution < 1.29 is 9.47 Å². The Bertz CT molecular complexity index is 417. The van der Waals surface area contributed by atoms with Gasteiger partial charge in [0.1, 0.15) is 11.5 Å². The van der Waals surface area contributed by atoms with E-state index in [0.29, 0.717) is 11.8 Å². The Morgan fingerprint density at radius 1 is 1.11 bits per heavy atom. The molecule has 1 fully saturated rings. The van der Waals surface area contributed by atoms with Crippen molar-refractivity contribution in [3.63, 3.8) is 0 Å². The molecular formula is C15H23NO2. The van der Waals surface area contributed by atoms with Crippen LogP contribution in [-0.2, 0) is 0 Å². The molecule has 3 nitrogen and oxygen atoms in total. The molecule has 1 saturated heterocycles. The molecule has 1 aromatic rings. The quantitative estimate of drug-likeness (QED) is 0.893. The van der Waals surface area contributed by atoms with Gasteiger partial charge >= 0.3 is 0 Å². The Hall–Kier alpha value is -1.22. The van der Waals surface area contributed by atoms with E-state index in [1.54, 1.807) is 14.2 Å². The van der Waals surface area contributed by atoms with Crippen LogP contribution in [0, 0.1) is 12.8 Å². The molecular weight excluding hydrogens is 226 g/mol. The monoisotopic (exact) mass is 249 g/mol. The Balaban J connectivity index is 2.35. The summed E-state index contributed by atoms with van der Waals surface area (Å²) in [5.41, 5.74) is 2.38. The summed E-state index contributed by atoms with van der Waals surface area (Å²) < 4.78 is 11.0. The van der Waals surface area contributed by atoms with Gasteiger partial charge in [0.2, 0.25) is 0 Å². The van der Waals surface area contributed by atoms with E-state index in [4.69, 9.17) is 9.47 Å². The van der Waals surface area contributed by atoms with Gasteiger partial charge in [-0.2, -0.15) is 0 Å². The van der Waals surface area contributed by atoms with Crippen LogP contribution < -0.4 is 14.8 Å². The molecule has 1 N–H and O–H groups in total. The first-order valence-electron chi connectivity index (χ1n) is 6.59. The first-order valence-corrected chi connectivity index (χ1v) is 6.59. The molecule has 0 bridgehead atoms. The van der Waals surface area contributed by atoms with Crippen LogP contribution in [0.4, 0.5) is 0 Å². The molecule has 1 aliphatic heterocycles. The molecule has 2 unspecified atom stereocenters. The fraction of sp³-hybridized carbons (Fsp3) is 0.600. The summed E-state index contributed by atoms with van der Waals surface area (Å²) >= 11 is 0. The van der Waals surface area contributed by atoms with Gasteiger partial charge in [-0.15, -0.1) is 0 Å². The molecule has 0 aromatic heterocycles. The van der Waals surface area contributed by atoms with E-state index in [1.165, 1.54) is 12.0 Å². The van der Waals surface area contributed by atoms with E-state index in [-0.39, 0.29) is 0 Å². The summed E-state index contributed by atoms with van der Waals surface area (Å²) in [6.07, 6.45) is 1.20. The topological polar surface area (TPSA) is 30.5 Å². The summed E-state index contributed by atoms with van der Waals surface area (Å²) in [4.78, 5) is 0. The lowest BCUT2D eigenvalue weighted by Crippen LogP contribution is -2.33. The van der Waals surface area contributed by atoms with Crippen molar-refractivity contribution in [2.75, 3.05) is 27.3 Å². The molecule has 1 aromatic carbocycles. The number of aryl methyl sites for hydroxylation is 1. The van der Waals surface area contributed by atoms with Gasteiger partial charge in [-0.1, -0.05) is 6.92 Å². The van der Waals surface area contributed by atoms with E-state index < -0.39 is 0 Å². The number of piperidine rings is 1. The zero-order valence-electron chi connectivity index (χ0n) is 11.7. The lowest BCUT2D eigenvalue weighted by molar-refractivity contribution is 0.345. The third-order valence-corrected chi connectivity index (χ3v) is 3.76. The number of nitrogens with one attached hydrogen (secondary N) is 1. The molecule has 2 rings (SSSR count). The average molecular weight is 249 g/mol. The summed E-state index contributed by atoms with van der Waals surface area (Å²) in [6.45, 7) is 6.47. The molecule has 0 radical (unpaired) electrons. The summed E-state index contributed by atoms with van der Waals surface area (Å²) in [5.74, 6) is 3.15. The van der Waals surface area contributed by atoms with E-state index in [1.807, 2.05) is 6.92 Å². The van der Waals surface area contributed by atoms with Crippen molar-refractivity contribution in [1.82, 2.24) is 5.32 Å². The normalized spacial score (nSPS) is 23.8. The van der Waals surface area contributed by atoms with Crippen molar-refractivity contribution in [3.8, 4) is 11.5 Å². The third kappa shape index (κ3) is 2.61. The number of ether oxygens (including phenoxy) is 2. The number of benzene rings is 1. The highest BCUT2D eigenvalue weighted by Crippen LogP contribution is 2.37. The predicted octanol–water partition coefficient (Wildman–Crippen LogP) is 2.73. The summed E-state index contributed by atoms with van der Waals surface area (Å²) in [7, 11) is 3.46. The Morgan fingerprint density at radius 3 is 2.44 bits per heavy atom. The van der Waals surface area contributed by atoms with Crippen LogP contribution in [0.5, 0.6) is 11.5 Å². The van der Waals surface area contributed by atoms with E-state index >= 15 is 0 Å². The van der Waals surface area contributed by atoms with Crippen LogP contribution in [0.15, 0.2) is 12.1 Å². The van der Waals surface area contributed by atoms with Crippen molar-refractivity contribution in [2.45, 2.75) is 26.2 Å². The van der Waals surface area contributed by atoms with Gasteiger partial charge in [-0.25, -0.2) is 0 Å². The summed E-state index contributed by atoms with van der Waals surface area (Å²) in [5, 5.41) is 3.49. The van der Waals surface area contributed by atoms with Gasteiger partial charge in [-0.05, 0) is 43.5 Å². The van der Waals surface area contributed by atoms with Gasteiger partial charge in [0.15, 0.2) is 0 Å². The number of methoxy groups -OCH3 is 2. The van der Waals surface area contributed by atoms with Gasteiger partial charge in [0.05, 0.1) is 14.2 Å². The largest absolute Gasteiger partial charge is 0.496 e. The molecule has 3 heteroatoms. The van der Waals surface area contributed by atoms with Gasteiger partial charge in [0.25, 0.3) is 0 Å². The summed E-state index contributed by atoms with van der Waals surface area (Å²) in [6, 6.07) is 4.21. The lowest BCUT2D eigenvalue weighted by Gasteiger charge is -2.29. The van der Waals surface area contributed by atoms with Crippen LogP contribution >= 0.6 is 0 Å². The van der Waals surface area contributed by atoms with Crippen LogP contribution in [0.25, 0.3) is 0 Å². The Kier molecular flexibility index (Phi) is 4.12. The third-order valence-electron chi connectivity index (χ3n) is 3.76. The maximum absolute atomic E-state index is 5.53. The number of hydrogen-bond donors (Lipinski definition) is 1. The zero-order valence-corrected chi connectivity index (χ0v) is 11.7. The second-order valence-corrected chi connectivity index (χ2v) is 5.26. The Labute approximate surface area is 109 Å². The SMILES string of the molecule is COc1cc(C2CNCC(C)C2)c(OC)cc1C. The lowest BCUT2D eigenvalue weighted by atomic mass is 9.85. The molecule has 18 heavy (non-hydrogen) atoms. The van der Waals surface area contributed by atoms with Crippen LogP contribution in [0.2, 0.25) is 0 Å². The maximum atomic E-state index is 5.53. The van der Waals surface area contributed by atoms with Crippen LogP contribution in [0.1, 0.15) is 30.4 Å². The van der Waals surface area contributed by atoms with E-state index in [2.05, 4.69) is 24.4 Å². The molecule has 100 valence electrons. The minimum atomic E-state index is 0.512. The molecule has 2 atom stereocenters. The zero-order chi connectivity index (χ0) is 13.1. The first kappa shape index (κ1) is 13.2. The standard InChI is InChI=1S/C15H23NO2/c1-10-5-12(9-16-8-10)13-7-14(17-3)11(2)6-15(13)18-4/h6-7,10,12,16H,5,8-9H2,1-4H3. The maximum Gasteiger partial charge on any atom is 0.122 e. The minimum absolute atomic E-state index is 0.512.